The van der Waals surface area contributed by atoms with Crippen molar-refractivity contribution in [2.45, 2.75) is 69.0 Å². The number of nitrogens with one attached hydrogen (secondary N) is 1. The van der Waals surface area contributed by atoms with Crippen molar-refractivity contribution in [3.63, 3.8) is 0 Å². The van der Waals surface area contributed by atoms with Gasteiger partial charge in [-0.15, -0.1) is 0 Å². The normalized spacial score (nSPS) is 14.2. The van der Waals surface area contributed by atoms with E-state index in [0.29, 0.717) is 17.9 Å². The Labute approximate surface area is 266 Å². The van der Waals surface area contributed by atoms with E-state index in [9.17, 15) is 18.0 Å². The van der Waals surface area contributed by atoms with E-state index in [4.69, 9.17) is 14.2 Å². The highest BCUT2D eigenvalue weighted by atomic mass is 32.2. The van der Waals surface area contributed by atoms with Crippen LogP contribution in [0.3, 0.4) is 0 Å². The molecule has 0 bridgehead atoms. The van der Waals surface area contributed by atoms with Crippen molar-refractivity contribution in [1.82, 2.24) is 10.2 Å². The van der Waals surface area contributed by atoms with Crippen LogP contribution in [0.1, 0.15) is 51.0 Å². The summed E-state index contributed by atoms with van der Waals surface area (Å²) >= 11 is 0. The van der Waals surface area contributed by atoms with Crippen LogP contribution in [0.5, 0.6) is 17.2 Å². The van der Waals surface area contributed by atoms with E-state index in [0.717, 1.165) is 42.0 Å². The Balaban J connectivity index is 1.73. The van der Waals surface area contributed by atoms with E-state index in [1.807, 2.05) is 19.1 Å². The standard InChI is InChI=1S/C34H43N3O7S/c1-5-30(34(39)35-26-11-7-6-8-12-26)36(23-25-15-17-27(42-2)18-16-25)33(38)24-37(31-13-9-10-14-32(31)44-4)45(40,41)29-21-19-28(43-3)20-22-29/h9-10,13-22,26,30H,5-8,11-12,23-24H2,1-4H3,(H,35,39)/t30-/m1/s1. The number of anilines is 1. The molecule has 0 radical (unpaired) electrons. The molecule has 3 aromatic rings. The molecule has 1 saturated carbocycles. The molecule has 1 N–H and O–H groups in total. The number of carbonyl (C=O) groups is 2. The van der Waals surface area contributed by atoms with Crippen molar-refractivity contribution < 1.29 is 32.2 Å². The van der Waals surface area contributed by atoms with Gasteiger partial charge in [0.15, 0.2) is 0 Å². The number of carbonyl (C=O) groups excluding carboxylic acids is 2. The van der Waals surface area contributed by atoms with Crippen LogP contribution in [0.15, 0.2) is 77.7 Å². The van der Waals surface area contributed by atoms with Crippen LogP contribution in [-0.2, 0) is 26.2 Å². The zero-order valence-electron chi connectivity index (χ0n) is 26.4. The summed E-state index contributed by atoms with van der Waals surface area (Å²) in [5.41, 5.74) is 0.975. The fraction of sp³-hybridized carbons (Fsp3) is 0.412. The van der Waals surface area contributed by atoms with Crippen molar-refractivity contribution in [2.24, 2.45) is 0 Å². The van der Waals surface area contributed by atoms with Gasteiger partial charge in [0.2, 0.25) is 11.8 Å². The lowest BCUT2D eigenvalue weighted by Gasteiger charge is -2.34. The molecule has 10 nitrogen and oxygen atoms in total. The SMILES string of the molecule is CC[C@H](C(=O)NC1CCCCC1)N(Cc1ccc(OC)cc1)C(=O)CN(c1ccccc1OC)S(=O)(=O)c1ccc(OC)cc1. The number of amides is 2. The third-order valence-electron chi connectivity index (χ3n) is 8.13. The first-order valence-corrected chi connectivity index (χ1v) is 16.7. The molecule has 0 saturated heterocycles. The molecular formula is C34H43N3O7S. The third-order valence-corrected chi connectivity index (χ3v) is 9.90. The van der Waals surface area contributed by atoms with Crippen LogP contribution in [-0.4, -0.2) is 65.1 Å². The van der Waals surface area contributed by atoms with Crippen molar-refractivity contribution in [2.75, 3.05) is 32.2 Å². The summed E-state index contributed by atoms with van der Waals surface area (Å²) in [5, 5.41) is 3.16. The molecule has 1 fully saturated rings. The van der Waals surface area contributed by atoms with E-state index in [1.54, 1.807) is 55.6 Å². The molecule has 242 valence electrons. The van der Waals surface area contributed by atoms with E-state index in [-0.39, 0.29) is 34.8 Å². The molecule has 1 aliphatic rings. The van der Waals surface area contributed by atoms with E-state index >= 15 is 0 Å². The number of rotatable bonds is 14. The second-order valence-electron chi connectivity index (χ2n) is 11.0. The summed E-state index contributed by atoms with van der Waals surface area (Å²) in [6.45, 7) is 1.39. The Morgan fingerprint density at radius 1 is 0.844 bits per heavy atom. The monoisotopic (exact) mass is 637 g/mol. The Morgan fingerprint density at radius 3 is 2.02 bits per heavy atom. The minimum Gasteiger partial charge on any atom is -0.497 e. The molecule has 11 heteroatoms. The summed E-state index contributed by atoms with van der Waals surface area (Å²) in [7, 11) is 0.246. The van der Waals surface area contributed by atoms with Crippen LogP contribution in [0.2, 0.25) is 0 Å². The largest absolute Gasteiger partial charge is 0.497 e. The molecule has 4 rings (SSSR count). The minimum atomic E-state index is -4.26. The minimum absolute atomic E-state index is 0.0224. The van der Waals surface area contributed by atoms with Gasteiger partial charge in [-0.2, -0.15) is 0 Å². The summed E-state index contributed by atoms with van der Waals surface area (Å²) < 4.78 is 45.4. The zero-order chi connectivity index (χ0) is 32.4. The van der Waals surface area contributed by atoms with Crippen molar-refractivity contribution in [1.29, 1.82) is 0 Å². The maximum absolute atomic E-state index is 14.4. The number of methoxy groups -OCH3 is 3. The van der Waals surface area contributed by atoms with Gasteiger partial charge < -0.3 is 24.4 Å². The first kappa shape index (κ1) is 33.6. The molecule has 1 atom stereocenters. The van der Waals surface area contributed by atoms with Gasteiger partial charge in [-0.05, 0) is 73.4 Å². The van der Waals surface area contributed by atoms with Crippen LogP contribution in [0.25, 0.3) is 0 Å². The van der Waals surface area contributed by atoms with Gasteiger partial charge in [-0.3, -0.25) is 13.9 Å². The van der Waals surface area contributed by atoms with Crippen molar-refractivity contribution in [3.05, 3.63) is 78.4 Å². The number of hydrogen-bond acceptors (Lipinski definition) is 7. The quantitative estimate of drug-likeness (QED) is 0.260. The maximum atomic E-state index is 14.4. The Morgan fingerprint density at radius 2 is 1.44 bits per heavy atom. The highest BCUT2D eigenvalue weighted by Gasteiger charge is 2.35. The van der Waals surface area contributed by atoms with Gasteiger partial charge in [-0.1, -0.05) is 50.5 Å². The first-order chi connectivity index (χ1) is 21.7. The molecule has 0 spiro atoms. The molecule has 0 unspecified atom stereocenters. The molecule has 0 aromatic heterocycles. The molecule has 3 aromatic carbocycles. The fourth-order valence-corrected chi connectivity index (χ4v) is 7.04. The lowest BCUT2D eigenvalue weighted by atomic mass is 9.95. The Bertz CT molecular complexity index is 1520. The number of benzene rings is 3. The highest BCUT2D eigenvalue weighted by Crippen LogP contribution is 2.33. The maximum Gasteiger partial charge on any atom is 0.264 e. The summed E-state index contributed by atoms with van der Waals surface area (Å²) in [6.07, 6.45) is 5.39. The van der Waals surface area contributed by atoms with Gasteiger partial charge in [-0.25, -0.2) is 8.42 Å². The zero-order valence-corrected chi connectivity index (χ0v) is 27.2. The van der Waals surface area contributed by atoms with Gasteiger partial charge in [0.1, 0.15) is 29.8 Å². The summed E-state index contributed by atoms with van der Waals surface area (Å²) in [4.78, 5) is 29.6. The predicted octanol–water partition coefficient (Wildman–Crippen LogP) is 5.16. The number of sulfonamides is 1. The van der Waals surface area contributed by atoms with Gasteiger partial charge in [0.05, 0.1) is 31.9 Å². The Hall–Kier alpha value is -4.25. The smallest absolute Gasteiger partial charge is 0.264 e. The fourth-order valence-electron chi connectivity index (χ4n) is 5.62. The van der Waals surface area contributed by atoms with E-state index in [2.05, 4.69) is 5.32 Å². The van der Waals surface area contributed by atoms with Gasteiger partial charge >= 0.3 is 0 Å². The lowest BCUT2D eigenvalue weighted by Crippen LogP contribution is -2.54. The van der Waals surface area contributed by atoms with Gasteiger partial charge in [0.25, 0.3) is 10.0 Å². The Kier molecular flexibility index (Phi) is 11.7. The topological polar surface area (TPSA) is 114 Å². The average molecular weight is 638 g/mol. The molecule has 0 aliphatic heterocycles. The summed E-state index contributed by atoms with van der Waals surface area (Å²) in [5.74, 6) is 0.666. The number of ether oxygens (including phenoxy) is 3. The van der Waals surface area contributed by atoms with Crippen LogP contribution < -0.4 is 23.8 Å². The van der Waals surface area contributed by atoms with Crippen LogP contribution in [0.4, 0.5) is 5.69 Å². The third kappa shape index (κ3) is 8.27. The second-order valence-corrected chi connectivity index (χ2v) is 12.9. The summed E-state index contributed by atoms with van der Waals surface area (Å²) in [6, 6.07) is 19.1. The molecule has 0 heterocycles. The van der Waals surface area contributed by atoms with Crippen molar-refractivity contribution in [3.8, 4) is 17.2 Å². The first-order valence-electron chi connectivity index (χ1n) is 15.2. The average Bonchev–Trinajstić information content (AvgIpc) is 3.07. The van der Waals surface area contributed by atoms with E-state index in [1.165, 1.54) is 31.3 Å². The number of hydrogen-bond donors (Lipinski definition) is 1. The molecule has 1 aliphatic carbocycles. The number of para-hydroxylation sites is 2. The van der Waals surface area contributed by atoms with Crippen LogP contribution in [0, 0.1) is 0 Å². The lowest BCUT2D eigenvalue weighted by molar-refractivity contribution is -0.140. The molecular weight excluding hydrogens is 594 g/mol. The second kappa shape index (κ2) is 15.7. The molecule has 2 amide bonds. The number of nitrogens with zero attached hydrogens (tertiary/aromatic N) is 2. The van der Waals surface area contributed by atoms with Gasteiger partial charge in [0, 0.05) is 12.6 Å². The predicted molar refractivity (Wildman–Crippen MR) is 173 cm³/mol. The van der Waals surface area contributed by atoms with Crippen LogP contribution >= 0.6 is 0 Å². The highest BCUT2D eigenvalue weighted by molar-refractivity contribution is 7.92. The van der Waals surface area contributed by atoms with Crippen molar-refractivity contribution >= 4 is 27.5 Å². The van der Waals surface area contributed by atoms with E-state index < -0.39 is 28.5 Å². The molecule has 45 heavy (non-hydrogen) atoms.